The molecule has 76 heavy (non-hydrogen) atoms. The largest absolute Gasteiger partial charge is 0.481 e. The van der Waals surface area contributed by atoms with Crippen molar-refractivity contribution in [1.29, 1.82) is 0 Å². The monoisotopic (exact) mass is 1250 g/mol. The second-order valence-electron chi connectivity index (χ2n) is 18.7. The van der Waals surface area contributed by atoms with Crippen molar-refractivity contribution in [3.8, 4) is 0 Å². The minimum atomic E-state index is -0.969. The quantitative estimate of drug-likeness (QED) is 0.0387. The van der Waals surface area contributed by atoms with E-state index in [-0.39, 0.29) is 49.8 Å². The zero-order chi connectivity index (χ0) is 53.8. The molecule has 16 heteroatoms. The van der Waals surface area contributed by atoms with Crippen molar-refractivity contribution in [1.82, 2.24) is 21.3 Å². The highest BCUT2D eigenvalue weighted by molar-refractivity contribution is 14.1. The first-order chi connectivity index (χ1) is 36.8. The molecule has 2 atom stereocenters. The van der Waals surface area contributed by atoms with E-state index in [0.717, 1.165) is 42.2 Å². The predicted molar refractivity (Wildman–Crippen MR) is 314 cm³/mol. The van der Waals surface area contributed by atoms with Crippen LogP contribution in [0.2, 0.25) is 0 Å². The molecule has 2 aliphatic carbocycles. The van der Waals surface area contributed by atoms with Crippen LogP contribution in [0.5, 0.6) is 0 Å². The molecule has 0 heterocycles. The number of carbonyl (C=O) groups is 6. The molecule has 6 aromatic rings. The Hall–Kier alpha value is -7.06. The molecular formula is C60H62I2N6O8. The normalized spacial score (nSPS) is 14.0. The summed E-state index contributed by atoms with van der Waals surface area (Å²) in [6.45, 7) is 0.119. The van der Waals surface area contributed by atoms with Gasteiger partial charge in [0.2, 0.25) is 0 Å². The number of rotatable bonds is 18. The average Bonchev–Trinajstić information content (AvgIpc) is 3.43. The van der Waals surface area contributed by atoms with Crippen LogP contribution in [0.25, 0.3) is 5.57 Å². The summed E-state index contributed by atoms with van der Waals surface area (Å²) in [5.41, 5.74) is 9.65. The minimum Gasteiger partial charge on any atom is -0.481 e. The number of allylic oxidation sites excluding steroid dienone is 2. The molecule has 0 aliphatic heterocycles. The van der Waals surface area contributed by atoms with E-state index in [0.29, 0.717) is 28.4 Å². The molecule has 394 valence electrons. The van der Waals surface area contributed by atoms with Crippen molar-refractivity contribution in [3.05, 3.63) is 203 Å². The standard InChI is InChI=1S/C30H32IN3O4.C30H30IN3O4/c2*31-25-7-4-8-26(19-25)33-30(38)34-28(22-11-9-21(10-12-22)20-5-2-1-3-6-20)23-13-15-24(16-14-23)29(37)32-18-17-27(35)36/h4,7-16,19-20,28H,1-3,5-6,17-18H2,(H,32,37)(H,35,36)(H2,33,34,38);4-5,7-16,19,28H,1-3,6,17-18H2,(H,32,37)(H,35,36)(H2,33,34,38). The number of hydrogen-bond acceptors (Lipinski definition) is 6. The smallest absolute Gasteiger partial charge is 0.319 e. The van der Waals surface area contributed by atoms with Crippen molar-refractivity contribution < 1.29 is 39.0 Å². The van der Waals surface area contributed by atoms with Crippen LogP contribution in [0, 0.1) is 7.14 Å². The predicted octanol–water partition coefficient (Wildman–Crippen LogP) is 12.8. The topological polar surface area (TPSA) is 215 Å². The van der Waals surface area contributed by atoms with E-state index in [1.54, 1.807) is 36.4 Å². The van der Waals surface area contributed by atoms with Gasteiger partial charge in [-0.2, -0.15) is 0 Å². The lowest BCUT2D eigenvalue weighted by Crippen LogP contribution is -2.33. The van der Waals surface area contributed by atoms with Gasteiger partial charge in [-0.1, -0.05) is 110 Å². The maximum absolute atomic E-state index is 13.0. The Kier molecular flexibility index (Phi) is 21.4. The van der Waals surface area contributed by atoms with Crippen molar-refractivity contribution in [2.24, 2.45) is 0 Å². The molecule has 0 saturated heterocycles. The van der Waals surface area contributed by atoms with E-state index >= 15 is 0 Å². The molecule has 6 aromatic carbocycles. The van der Waals surface area contributed by atoms with Gasteiger partial charge >= 0.3 is 24.0 Å². The summed E-state index contributed by atoms with van der Waals surface area (Å²) in [7, 11) is 0. The van der Waals surface area contributed by atoms with Crippen LogP contribution in [0.15, 0.2) is 152 Å². The maximum atomic E-state index is 13.0. The highest BCUT2D eigenvalue weighted by atomic mass is 127. The maximum Gasteiger partial charge on any atom is 0.319 e. The molecule has 6 amide bonds. The summed E-state index contributed by atoms with van der Waals surface area (Å²) >= 11 is 4.40. The van der Waals surface area contributed by atoms with Crippen LogP contribution in [-0.2, 0) is 9.59 Å². The fourth-order valence-electron chi connectivity index (χ4n) is 9.26. The van der Waals surface area contributed by atoms with Crippen molar-refractivity contribution in [3.63, 3.8) is 0 Å². The third kappa shape index (κ3) is 17.5. The van der Waals surface area contributed by atoms with Crippen molar-refractivity contribution in [2.75, 3.05) is 23.7 Å². The van der Waals surface area contributed by atoms with Gasteiger partial charge < -0.3 is 42.1 Å². The summed E-state index contributed by atoms with van der Waals surface area (Å²) < 4.78 is 2.04. The molecule has 1 saturated carbocycles. The molecule has 8 N–H and O–H groups in total. The zero-order valence-electron chi connectivity index (χ0n) is 42.0. The highest BCUT2D eigenvalue weighted by Gasteiger charge is 2.22. The second kappa shape index (κ2) is 28.7. The van der Waals surface area contributed by atoms with E-state index in [9.17, 15) is 28.8 Å². The Morgan fingerprint density at radius 2 is 0.947 bits per heavy atom. The van der Waals surface area contributed by atoms with Gasteiger partial charge in [0.25, 0.3) is 11.8 Å². The third-order valence-corrected chi connectivity index (χ3v) is 14.6. The Morgan fingerprint density at radius 1 is 0.513 bits per heavy atom. The molecule has 8 rings (SSSR count). The summed E-state index contributed by atoms with van der Waals surface area (Å²) in [6, 6.07) is 44.3. The van der Waals surface area contributed by atoms with Gasteiger partial charge in [0.05, 0.1) is 24.9 Å². The van der Waals surface area contributed by atoms with Crippen LogP contribution in [-0.4, -0.2) is 59.1 Å². The third-order valence-electron chi connectivity index (χ3n) is 13.2. The number of amides is 6. The van der Waals surface area contributed by atoms with Gasteiger partial charge in [0.15, 0.2) is 0 Å². The van der Waals surface area contributed by atoms with Gasteiger partial charge in [-0.05, 0) is 189 Å². The lowest BCUT2D eigenvalue weighted by molar-refractivity contribution is -0.137. The van der Waals surface area contributed by atoms with E-state index in [4.69, 9.17) is 10.2 Å². The zero-order valence-corrected chi connectivity index (χ0v) is 46.3. The summed E-state index contributed by atoms with van der Waals surface area (Å²) in [5, 5.41) is 34.8. The lowest BCUT2D eigenvalue weighted by atomic mass is 9.83. The minimum absolute atomic E-state index is 0.0570. The van der Waals surface area contributed by atoms with Crippen LogP contribution in [0.1, 0.15) is 143 Å². The number of carboxylic acid groups (broad SMARTS) is 2. The molecule has 0 spiro atoms. The molecule has 2 unspecified atom stereocenters. The fourth-order valence-corrected chi connectivity index (χ4v) is 10.3. The molecule has 2 aliphatic rings. The van der Waals surface area contributed by atoms with E-state index < -0.39 is 24.0 Å². The lowest BCUT2D eigenvalue weighted by Gasteiger charge is -2.24. The Balaban J connectivity index is 0.000000221. The number of nitrogens with one attached hydrogen (secondary N) is 6. The summed E-state index contributed by atoms with van der Waals surface area (Å²) in [4.78, 5) is 72.2. The molecule has 1 fully saturated rings. The second-order valence-corrected chi connectivity index (χ2v) is 21.2. The van der Waals surface area contributed by atoms with E-state index in [2.05, 4.69) is 120 Å². The van der Waals surface area contributed by atoms with Crippen LogP contribution >= 0.6 is 45.2 Å². The van der Waals surface area contributed by atoms with Crippen LogP contribution in [0.4, 0.5) is 21.0 Å². The SMILES string of the molecule is O=C(O)CCNC(=O)c1ccc(C(NC(=O)Nc2cccc(I)c2)c2ccc(C3=CCCCC3)cc2)cc1.O=C(O)CCNC(=O)c1ccc(C(NC(=O)Nc2cccc(I)c2)c2ccc(C3CCCCC3)cc2)cc1. The first-order valence-corrected chi connectivity index (χ1v) is 27.7. The first-order valence-electron chi connectivity index (χ1n) is 25.5. The number of aliphatic carboxylic acids is 2. The molecule has 14 nitrogen and oxygen atoms in total. The molecule has 0 radical (unpaired) electrons. The number of carboxylic acids is 2. The van der Waals surface area contributed by atoms with Crippen LogP contribution in [0.3, 0.4) is 0 Å². The first kappa shape index (κ1) is 56.7. The Morgan fingerprint density at radius 3 is 1.36 bits per heavy atom. The van der Waals surface area contributed by atoms with E-state index in [1.807, 2.05) is 72.8 Å². The fraction of sp³-hybridized carbons (Fsp3) is 0.267. The number of anilines is 2. The average molecular weight is 1250 g/mol. The molecule has 0 aromatic heterocycles. The summed E-state index contributed by atoms with van der Waals surface area (Å²) in [5.74, 6) is -2.03. The van der Waals surface area contributed by atoms with Crippen LogP contribution < -0.4 is 31.9 Å². The molecular weight excluding hydrogens is 1190 g/mol. The van der Waals surface area contributed by atoms with Gasteiger partial charge in [0.1, 0.15) is 0 Å². The van der Waals surface area contributed by atoms with Gasteiger partial charge in [0, 0.05) is 42.7 Å². The Labute approximate surface area is 470 Å². The summed E-state index contributed by atoms with van der Waals surface area (Å²) in [6.07, 6.45) is 12.9. The number of urea groups is 2. The Bertz CT molecular complexity index is 2980. The number of carbonyl (C=O) groups excluding carboxylic acids is 4. The number of halogens is 2. The van der Waals surface area contributed by atoms with Gasteiger partial charge in [-0.15, -0.1) is 0 Å². The number of benzene rings is 6. The number of hydrogen-bond donors (Lipinski definition) is 8. The molecule has 0 bridgehead atoms. The van der Waals surface area contributed by atoms with Gasteiger partial charge in [-0.3, -0.25) is 19.2 Å². The van der Waals surface area contributed by atoms with E-state index in [1.165, 1.54) is 61.6 Å². The highest BCUT2D eigenvalue weighted by Crippen LogP contribution is 2.34. The van der Waals surface area contributed by atoms with Crippen molar-refractivity contribution >= 4 is 97.9 Å². The van der Waals surface area contributed by atoms with Crippen molar-refractivity contribution in [2.45, 2.75) is 88.6 Å². The van der Waals surface area contributed by atoms with Gasteiger partial charge in [-0.25, -0.2) is 9.59 Å².